The summed E-state index contributed by atoms with van der Waals surface area (Å²) in [7, 11) is 0. The predicted molar refractivity (Wildman–Crippen MR) is 105 cm³/mol. The average Bonchev–Trinajstić information content (AvgIpc) is 3.50. The Morgan fingerprint density at radius 1 is 1.00 bits per heavy atom. The minimum atomic E-state index is -0.260. The molecule has 1 saturated carbocycles. The van der Waals surface area contributed by atoms with Gasteiger partial charge in [0, 0.05) is 12.3 Å². The molecule has 2 aromatic rings. The first-order valence-electron chi connectivity index (χ1n) is 9.26. The molecule has 1 aliphatic carbocycles. The SMILES string of the molecule is NC1=C(N)N(c2ccc(COCC3CC3)cc2)C(c2ccc(F)cc2)C=C1. The number of anilines is 1. The van der Waals surface area contributed by atoms with Crippen molar-refractivity contribution in [3.8, 4) is 0 Å². The Kier molecular flexibility index (Phi) is 4.86. The summed E-state index contributed by atoms with van der Waals surface area (Å²) in [5.74, 6) is 0.988. The molecular formula is C22H24FN3O. The van der Waals surface area contributed by atoms with Crippen LogP contribution >= 0.6 is 0 Å². The first kappa shape index (κ1) is 17.6. The van der Waals surface area contributed by atoms with Gasteiger partial charge in [0.1, 0.15) is 11.6 Å². The first-order valence-corrected chi connectivity index (χ1v) is 9.26. The molecule has 0 aromatic heterocycles. The molecule has 0 radical (unpaired) electrons. The van der Waals surface area contributed by atoms with Crippen molar-refractivity contribution < 1.29 is 9.13 Å². The van der Waals surface area contributed by atoms with E-state index >= 15 is 0 Å². The molecule has 4 nitrogen and oxygen atoms in total. The second-order valence-electron chi connectivity index (χ2n) is 7.19. The lowest BCUT2D eigenvalue weighted by molar-refractivity contribution is 0.111. The molecule has 0 bridgehead atoms. The molecule has 0 amide bonds. The normalized spacial score (nSPS) is 19.6. The third kappa shape index (κ3) is 3.98. The smallest absolute Gasteiger partial charge is 0.128 e. The highest BCUT2D eigenvalue weighted by Gasteiger charge is 2.25. The zero-order valence-electron chi connectivity index (χ0n) is 15.1. The van der Waals surface area contributed by atoms with Gasteiger partial charge in [-0.2, -0.15) is 0 Å². The average molecular weight is 365 g/mol. The number of rotatable bonds is 6. The van der Waals surface area contributed by atoms with Crippen LogP contribution in [0.25, 0.3) is 0 Å². The van der Waals surface area contributed by atoms with Crippen LogP contribution in [0.15, 0.2) is 72.2 Å². The second-order valence-corrected chi connectivity index (χ2v) is 7.19. The maximum atomic E-state index is 13.3. The summed E-state index contributed by atoms with van der Waals surface area (Å²) in [5.41, 5.74) is 15.9. The number of allylic oxidation sites excluding steroid dienone is 1. The Balaban J connectivity index is 1.55. The van der Waals surface area contributed by atoms with E-state index < -0.39 is 0 Å². The molecular weight excluding hydrogens is 341 g/mol. The summed E-state index contributed by atoms with van der Waals surface area (Å²) in [5, 5.41) is 0. The van der Waals surface area contributed by atoms with E-state index in [0.29, 0.717) is 18.1 Å². The molecule has 0 spiro atoms. The Labute approximate surface area is 158 Å². The van der Waals surface area contributed by atoms with Crippen LogP contribution in [0.4, 0.5) is 10.1 Å². The zero-order chi connectivity index (χ0) is 18.8. The first-order chi connectivity index (χ1) is 13.1. The van der Waals surface area contributed by atoms with E-state index in [1.165, 1.54) is 25.0 Å². The molecule has 0 saturated heterocycles. The van der Waals surface area contributed by atoms with Crippen molar-refractivity contribution in [1.29, 1.82) is 0 Å². The van der Waals surface area contributed by atoms with Crippen LogP contribution in [-0.2, 0) is 11.3 Å². The summed E-state index contributed by atoms with van der Waals surface area (Å²) in [6, 6.07) is 14.4. The van der Waals surface area contributed by atoms with Crippen LogP contribution in [0.1, 0.15) is 30.0 Å². The van der Waals surface area contributed by atoms with Crippen LogP contribution in [-0.4, -0.2) is 6.61 Å². The monoisotopic (exact) mass is 365 g/mol. The molecule has 1 fully saturated rings. The van der Waals surface area contributed by atoms with Gasteiger partial charge in [0.15, 0.2) is 0 Å². The molecule has 1 heterocycles. The van der Waals surface area contributed by atoms with E-state index in [0.717, 1.165) is 29.3 Å². The largest absolute Gasteiger partial charge is 0.396 e. The third-order valence-electron chi connectivity index (χ3n) is 5.04. The molecule has 5 heteroatoms. The number of nitrogens with zero attached hydrogens (tertiary/aromatic N) is 1. The molecule has 4 rings (SSSR count). The van der Waals surface area contributed by atoms with Crippen LogP contribution in [0, 0.1) is 11.7 Å². The summed E-state index contributed by atoms with van der Waals surface area (Å²) in [4.78, 5) is 1.97. The van der Waals surface area contributed by atoms with Gasteiger partial charge in [-0.15, -0.1) is 0 Å². The molecule has 4 N–H and O–H groups in total. The fraction of sp³-hybridized carbons (Fsp3) is 0.273. The van der Waals surface area contributed by atoms with Crippen molar-refractivity contribution in [1.82, 2.24) is 0 Å². The van der Waals surface area contributed by atoms with E-state index in [9.17, 15) is 4.39 Å². The number of benzene rings is 2. The molecule has 2 aliphatic rings. The van der Waals surface area contributed by atoms with Crippen LogP contribution in [0.3, 0.4) is 0 Å². The summed E-state index contributed by atoms with van der Waals surface area (Å²) < 4.78 is 19.1. The summed E-state index contributed by atoms with van der Waals surface area (Å²) in [6.45, 7) is 1.46. The van der Waals surface area contributed by atoms with Crippen LogP contribution in [0.2, 0.25) is 0 Å². The van der Waals surface area contributed by atoms with Crippen molar-refractivity contribution >= 4 is 5.69 Å². The predicted octanol–water partition coefficient (Wildman–Crippen LogP) is 3.96. The number of nitrogens with two attached hydrogens (primary N) is 2. The van der Waals surface area contributed by atoms with Gasteiger partial charge >= 0.3 is 0 Å². The number of hydrogen-bond donors (Lipinski definition) is 2. The molecule has 1 atom stereocenters. The minimum Gasteiger partial charge on any atom is -0.396 e. The molecule has 2 aromatic carbocycles. The van der Waals surface area contributed by atoms with E-state index in [1.807, 2.05) is 35.2 Å². The third-order valence-corrected chi connectivity index (χ3v) is 5.04. The fourth-order valence-corrected chi connectivity index (χ4v) is 3.26. The maximum absolute atomic E-state index is 13.3. The van der Waals surface area contributed by atoms with Gasteiger partial charge in [-0.3, -0.25) is 0 Å². The number of ether oxygens (including phenoxy) is 1. The van der Waals surface area contributed by atoms with Gasteiger partial charge in [-0.25, -0.2) is 4.39 Å². The van der Waals surface area contributed by atoms with Gasteiger partial charge in [0.25, 0.3) is 0 Å². The van der Waals surface area contributed by atoms with Crippen molar-refractivity contribution in [2.75, 3.05) is 11.5 Å². The second kappa shape index (κ2) is 7.45. The lowest BCUT2D eigenvalue weighted by atomic mass is 10.0. The van der Waals surface area contributed by atoms with Crippen molar-refractivity contribution in [3.05, 3.63) is 89.1 Å². The van der Waals surface area contributed by atoms with Gasteiger partial charge in [-0.05, 0) is 60.2 Å². The highest BCUT2D eigenvalue weighted by Crippen LogP contribution is 2.34. The maximum Gasteiger partial charge on any atom is 0.128 e. The standard InChI is InChI=1S/C22H24FN3O/c23-18-7-5-17(6-8-18)21-12-11-20(24)22(25)26(21)19-9-3-16(4-10-19)14-27-13-15-1-2-15/h3-12,15,21H,1-2,13-14,24-25H2. The lowest BCUT2D eigenvalue weighted by Crippen LogP contribution is -2.35. The van der Waals surface area contributed by atoms with Gasteiger partial charge in [0.05, 0.1) is 18.3 Å². The van der Waals surface area contributed by atoms with E-state index in [4.69, 9.17) is 16.2 Å². The van der Waals surface area contributed by atoms with E-state index in [-0.39, 0.29) is 11.9 Å². The summed E-state index contributed by atoms with van der Waals surface area (Å²) in [6.07, 6.45) is 6.37. The Bertz CT molecular complexity index is 854. The Morgan fingerprint density at radius 3 is 2.37 bits per heavy atom. The van der Waals surface area contributed by atoms with Crippen LogP contribution in [0.5, 0.6) is 0 Å². The van der Waals surface area contributed by atoms with Crippen molar-refractivity contribution in [2.24, 2.45) is 17.4 Å². The quantitative estimate of drug-likeness (QED) is 0.813. The Morgan fingerprint density at radius 2 is 1.70 bits per heavy atom. The minimum absolute atomic E-state index is 0.144. The van der Waals surface area contributed by atoms with Gasteiger partial charge < -0.3 is 21.1 Å². The lowest BCUT2D eigenvalue weighted by Gasteiger charge is -2.35. The zero-order valence-corrected chi connectivity index (χ0v) is 15.1. The number of halogens is 1. The van der Waals surface area contributed by atoms with Crippen molar-refractivity contribution in [2.45, 2.75) is 25.5 Å². The molecule has 1 unspecified atom stereocenters. The highest BCUT2D eigenvalue weighted by molar-refractivity contribution is 5.59. The molecule has 1 aliphatic heterocycles. The Hall–Kier alpha value is -2.79. The number of hydrogen-bond acceptors (Lipinski definition) is 4. The highest BCUT2D eigenvalue weighted by atomic mass is 19.1. The molecule has 27 heavy (non-hydrogen) atoms. The van der Waals surface area contributed by atoms with Crippen molar-refractivity contribution in [3.63, 3.8) is 0 Å². The van der Waals surface area contributed by atoms with Gasteiger partial charge in [-0.1, -0.05) is 30.3 Å². The summed E-state index contributed by atoms with van der Waals surface area (Å²) >= 11 is 0. The van der Waals surface area contributed by atoms with E-state index in [2.05, 4.69) is 0 Å². The van der Waals surface area contributed by atoms with Crippen LogP contribution < -0.4 is 16.4 Å². The topological polar surface area (TPSA) is 64.5 Å². The van der Waals surface area contributed by atoms with E-state index in [1.54, 1.807) is 18.2 Å². The fourth-order valence-electron chi connectivity index (χ4n) is 3.26. The van der Waals surface area contributed by atoms with Gasteiger partial charge in [0.2, 0.25) is 0 Å². The molecule has 140 valence electrons.